The number of anilines is 1. The number of rotatable bonds is 12. The highest BCUT2D eigenvalue weighted by Gasteiger charge is 2.34. The Balaban J connectivity index is 0.000000140. The molecule has 0 radical (unpaired) electrons. The summed E-state index contributed by atoms with van der Waals surface area (Å²) in [7, 11) is 2.48. The van der Waals surface area contributed by atoms with E-state index >= 15 is 0 Å². The highest BCUT2D eigenvalue weighted by molar-refractivity contribution is 14.1. The number of ether oxygens (including phenoxy) is 3. The summed E-state index contributed by atoms with van der Waals surface area (Å²) in [5, 5.41) is 67.8. The SMILES string of the molecule is COC(=O)C1CCn2ncc(-c3ccc(F)cc3F)c2C1.COC(=O)C1CCn2ncc(I)c2C1.COC(=O)C1CCn2nccc2C1.Nc1ccsc1.O=C(Cc1ccsc1)C1CCn2ncc(-c3ccc(F)cc3F)c2C1.O=C(O)C1CCn2ncc(-c3ccc(F)cc3F)c2C1.O=C(O)C1CCn2nccc2C1.OB(O)c1ccc(F)c(F)c1. The highest BCUT2D eigenvalue weighted by atomic mass is 127. The van der Waals surface area contributed by atoms with Gasteiger partial charge in [0.15, 0.2) is 11.6 Å². The third kappa shape index (κ3) is 23.6. The highest BCUT2D eigenvalue weighted by Crippen LogP contribution is 2.37. The molecule has 14 heterocycles. The standard InChI is InChI=1S/C19H16F2N2OS.C15H14F2N2O2.C14H12F2N2O2.C9H11IN2O2.C9H12N2O2.C8H10N2O2.C6H5BF2O2.C4H5NS/c20-14-1-2-15(17(21)9-14)16-10-22-23-5-3-13(8-18(16)23)19(24)7-12-4-6-25-11-12;1-21-15(20)9-4-5-19-14(6-9)12(8-18-19)11-3-2-10(16)7-13(11)17;15-9-1-2-10(12(16)6-9)11-7-17-18-4-3-8(14(19)20)5-13(11)18;1-14-9(13)6-2-3-12-8(4-6)7(10)5-11-12;1-13-9(12)7-3-5-11-8(6-7)2-4-10-11;11-8(12)6-2-4-10-7(5-6)1-3-9-10;8-5-2-1-4(7(10)11)3-6(5)9;5-4-1-2-6-3-4/h1-2,4,6,9-11,13H,3,5,7-8H2;2-3,7-9H,4-6H2,1H3;1-2,6-8H,3-5H2,(H,19,20);5-6H,2-4H2,1H3;2,4,7H,3,5-6H2,1H3;1,3,6H,2,4-5H2,(H,11,12);1-3,10-11H;1-3H,5H2. The lowest BCUT2D eigenvalue weighted by molar-refractivity contribution is -0.147. The second kappa shape index (κ2) is 42.8. The van der Waals surface area contributed by atoms with Crippen molar-refractivity contribution >= 4 is 99.2 Å². The molecule has 0 amide bonds. The van der Waals surface area contributed by atoms with Crippen LogP contribution in [0.5, 0.6) is 0 Å². The molecule has 12 aromatic rings. The summed E-state index contributed by atoms with van der Waals surface area (Å²) >= 11 is 5.45. The Kier molecular flexibility index (Phi) is 32.0. The lowest BCUT2D eigenvalue weighted by Crippen LogP contribution is -2.30. The number of esters is 3. The number of carboxylic acid groups (broad SMARTS) is 2. The second-order valence-electron chi connectivity index (χ2n) is 29.1. The van der Waals surface area contributed by atoms with Gasteiger partial charge in [-0.15, -0.1) is 0 Å². The van der Waals surface area contributed by atoms with Crippen LogP contribution >= 0.6 is 45.3 Å². The van der Waals surface area contributed by atoms with E-state index < -0.39 is 71.5 Å². The number of aromatic nitrogens is 12. The van der Waals surface area contributed by atoms with E-state index in [1.807, 2.05) is 70.7 Å². The first kappa shape index (κ1) is 91.3. The van der Waals surface area contributed by atoms with Crippen LogP contribution in [0.2, 0.25) is 0 Å². The molecule has 6 unspecified atom stereocenters. The van der Waals surface area contributed by atoms with Gasteiger partial charge in [-0.2, -0.15) is 53.3 Å². The monoisotopic (exact) mass is 1840 g/mol. The molecule has 0 bridgehead atoms. The molecule has 122 heavy (non-hydrogen) atoms. The van der Waals surface area contributed by atoms with Crippen LogP contribution in [0, 0.1) is 85.6 Å². The maximum atomic E-state index is 14.1. The van der Waals surface area contributed by atoms with Crippen molar-refractivity contribution in [3.63, 3.8) is 0 Å². The number of carbonyl (C=O) groups excluding carboxylic acids is 4. The number of carbonyl (C=O) groups is 6. The Bertz CT molecular complexity index is 5610. The third-order valence-corrected chi connectivity index (χ3v) is 23.7. The number of nitrogen functional groups attached to an aromatic ring is 1. The zero-order valence-electron chi connectivity index (χ0n) is 66.1. The molecule has 18 rings (SSSR count). The molecule has 0 saturated heterocycles. The fourth-order valence-electron chi connectivity index (χ4n) is 14.7. The molecule has 4 aromatic carbocycles. The van der Waals surface area contributed by atoms with Crippen molar-refractivity contribution in [3.8, 4) is 33.4 Å². The second-order valence-corrected chi connectivity index (χ2v) is 31.8. The van der Waals surface area contributed by atoms with Gasteiger partial charge in [0.1, 0.15) is 40.7 Å². The van der Waals surface area contributed by atoms with Crippen LogP contribution < -0.4 is 11.2 Å². The van der Waals surface area contributed by atoms with E-state index in [0.717, 1.165) is 131 Å². The quantitative estimate of drug-likeness (QED) is 0.0249. The van der Waals surface area contributed by atoms with E-state index in [1.54, 1.807) is 56.8 Å². The Labute approximate surface area is 716 Å². The van der Waals surface area contributed by atoms with Crippen LogP contribution in [0.3, 0.4) is 0 Å². The Morgan fingerprint density at radius 1 is 0.426 bits per heavy atom. The number of nitrogens with zero attached hydrogens (tertiary/aromatic N) is 12. The molecule has 38 heteroatoms. The minimum absolute atomic E-state index is 0.0118. The number of halogens is 9. The van der Waals surface area contributed by atoms with Gasteiger partial charge in [0.25, 0.3) is 0 Å². The number of hydrogen-bond acceptors (Lipinski definition) is 20. The molecule has 6 atom stereocenters. The van der Waals surface area contributed by atoms with Gasteiger partial charge in [-0.05, 0) is 167 Å². The van der Waals surface area contributed by atoms with E-state index in [9.17, 15) is 63.9 Å². The van der Waals surface area contributed by atoms with Gasteiger partial charge < -0.3 is 40.2 Å². The molecule has 0 aliphatic carbocycles. The number of ketones is 1. The lowest BCUT2D eigenvalue weighted by Gasteiger charge is -2.23. The zero-order chi connectivity index (χ0) is 87.4. The topological polar surface area (TPSA) is 344 Å². The number of nitrogens with two attached hydrogens (primary N) is 1. The van der Waals surface area contributed by atoms with Crippen LogP contribution in [0.25, 0.3) is 33.4 Å². The fourth-order valence-corrected chi connectivity index (χ4v) is 16.6. The van der Waals surface area contributed by atoms with Gasteiger partial charge in [-0.1, -0.05) is 6.07 Å². The molecule has 0 saturated carbocycles. The number of fused-ring (bicyclic) bond motifs is 6. The summed E-state index contributed by atoms with van der Waals surface area (Å²) < 4.78 is 132. The summed E-state index contributed by atoms with van der Waals surface area (Å²) in [6, 6.07) is 20.7. The van der Waals surface area contributed by atoms with Crippen molar-refractivity contribution in [1.29, 1.82) is 0 Å². The van der Waals surface area contributed by atoms with Crippen molar-refractivity contribution in [3.05, 3.63) is 246 Å². The fraction of sp³-hybridized carbons (Fsp3) is 0.333. The van der Waals surface area contributed by atoms with Gasteiger partial charge in [0, 0.05) is 187 Å². The Morgan fingerprint density at radius 3 is 1.20 bits per heavy atom. The van der Waals surface area contributed by atoms with Crippen LogP contribution in [0.1, 0.15) is 78.3 Å². The summed E-state index contributed by atoms with van der Waals surface area (Å²) in [4.78, 5) is 68.6. The maximum absolute atomic E-state index is 14.1. The van der Waals surface area contributed by atoms with Crippen molar-refractivity contribution in [2.45, 2.75) is 123 Å². The average molecular weight is 1840 g/mol. The molecule has 642 valence electrons. The van der Waals surface area contributed by atoms with Gasteiger partial charge in [-0.3, -0.25) is 56.9 Å². The first-order valence-corrected chi connectivity index (χ1v) is 41.6. The average Bonchev–Trinajstić information content (AvgIpc) is 1.64. The van der Waals surface area contributed by atoms with Crippen LogP contribution in [0.4, 0.5) is 40.8 Å². The molecule has 0 fully saturated rings. The predicted octanol–water partition coefficient (Wildman–Crippen LogP) is 12.6. The van der Waals surface area contributed by atoms with Crippen LogP contribution in [-0.2, 0) is 127 Å². The minimum atomic E-state index is -1.76. The van der Waals surface area contributed by atoms with Gasteiger partial charge >= 0.3 is 37.0 Å². The predicted molar refractivity (Wildman–Crippen MR) is 442 cm³/mol. The molecule has 8 aromatic heterocycles. The summed E-state index contributed by atoms with van der Waals surface area (Å²) in [6.45, 7) is 4.09. The van der Waals surface area contributed by atoms with Crippen molar-refractivity contribution in [2.24, 2.45) is 35.5 Å². The lowest BCUT2D eigenvalue weighted by atomic mass is 9.80. The van der Waals surface area contributed by atoms with E-state index in [4.69, 9.17) is 40.2 Å². The molecular formula is C84H85BF8IN13O13S2. The Morgan fingerprint density at radius 2 is 0.803 bits per heavy atom. The van der Waals surface area contributed by atoms with E-state index in [-0.39, 0.29) is 64.3 Å². The van der Waals surface area contributed by atoms with Crippen molar-refractivity contribution in [1.82, 2.24) is 58.7 Å². The maximum Gasteiger partial charge on any atom is 0.488 e. The largest absolute Gasteiger partial charge is 0.488 e. The summed E-state index contributed by atoms with van der Waals surface area (Å²) in [5.74, 6) is -8.70. The molecular weight excluding hydrogens is 1750 g/mol. The van der Waals surface area contributed by atoms with E-state index in [2.05, 4.69) is 53.2 Å². The zero-order valence-corrected chi connectivity index (χ0v) is 69.9. The molecule has 0 spiro atoms. The van der Waals surface area contributed by atoms with Gasteiger partial charge in [0.05, 0.1) is 85.0 Å². The first-order chi connectivity index (χ1) is 58.6. The molecule has 6 aliphatic rings. The van der Waals surface area contributed by atoms with Crippen LogP contribution in [0.15, 0.2) is 156 Å². The molecule has 6 N–H and O–H groups in total. The number of benzene rings is 4. The molecule has 26 nitrogen and oxygen atoms in total. The number of thiophene rings is 2. The number of carboxylic acids is 2. The third-order valence-electron chi connectivity index (χ3n) is 21.3. The minimum Gasteiger partial charge on any atom is -0.481 e. The number of Topliss-reactive ketones (excluding diaryl/α,β-unsaturated/α-hetero) is 1. The first-order valence-electron chi connectivity index (χ1n) is 38.6. The number of hydrogen-bond donors (Lipinski definition) is 5. The summed E-state index contributed by atoms with van der Waals surface area (Å²) in [5.41, 5.74) is 15.4. The summed E-state index contributed by atoms with van der Waals surface area (Å²) in [6.07, 6.45) is 18.1. The van der Waals surface area contributed by atoms with Crippen molar-refractivity contribution < 1.29 is 98.4 Å². The smallest absolute Gasteiger partial charge is 0.481 e. The number of aliphatic carboxylic acids is 2. The van der Waals surface area contributed by atoms with Crippen molar-refractivity contribution in [2.75, 3.05) is 27.1 Å². The van der Waals surface area contributed by atoms with Gasteiger partial charge in [-0.25, -0.2) is 35.1 Å². The van der Waals surface area contributed by atoms with E-state index in [1.165, 1.54) is 63.9 Å². The number of aryl methyl sites for hydroxylation is 6. The Hall–Kier alpha value is -11.5. The number of methoxy groups -OCH3 is 3. The van der Waals surface area contributed by atoms with Gasteiger partial charge in [0.2, 0.25) is 0 Å². The molecule has 6 aliphatic heterocycles. The normalized spacial score (nSPS) is 17.3. The van der Waals surface area contributed by atoms with E-state index in [0.29, 0.717) is 105 Å². The van der Waals surface area contributed by atoms with Crippen LogP contribution in [-0.4, -0.2) is 143 Å².